The van der Waals surface area contributed by atoms with Gasteiger partial charge in [-0.3, -0.25) is 14.2 Å². The minimum atomic E-state index is -0.726. The molecule has 1 atom stereocenters. The summed E-state index contributed by atoms with van der Waals surface area (Å²) in [6.07, 6.45) is 1.84. The maximum absolute atomic E-state index is 13.6. The highest BCUT2D eigenvalue weighted by Crippen LogP contribution is 2.31. The largest absolute Gasteiger partial charge is 0.466 e. The SMILES string of the molecule is COC(=O)C1=C(C)N=c2s/c(=C/c3ccc(C(C)C)cc3)c(=O)n2[C@@H]1c1ccc(OC(C)=O)cc1. The van der Waals surface area contributed by atoms with Crippen LogP contribution in [0.3, 0.4) is 0 Å². The zero-order chi connectivity index (χ0) is 25.3. The number of hydrogen-bond acceptors (Lipinski definition) is 7. The van der Waals surface area contributed by atoms with E-state index in [0.717, 1.165) is 5.56 Å². The minimum Gasteiger partial charge on any atom is -0.466 e. The molecule has 2 heterocycles. The summed E-state index contributed by atoms with van der Waals surface area (Å²) in [6, 6.07) is 14.1. The first-order valence-electron chi connectivity index (χ1n) is 11.2. The number of nitrogens with zero attached hydrogens (tertiary/aromatic N) is 2. The Labute approximate surface area is 206 Å². The highest BCUT2D eigenvalue weighted by Gasteiger charge is 2.33. The first-order valence-corrected chi connectivity index (χ1v) is 12.0. The molecule has 4 rings (SSSR count). The van der Waals surface area contributed by atoms with Gasteiger partial charge >= 0.3 is 11.9 Å². The molecule has 2 aromatic carbocycles. The first-order chi connectivity index (χ1) is 16.7. The van der Waals surface area contributed by atoms with E-state index in [4.69, 9.17) is 9.47 Å². The van der Waals surface area contributed by atoms with Crippen LogP contribution in [0.1, 0.15) is 56.3 Å². The van der Waals surface area contributed by atoms with E-state index in [1.54, 1.807) is 31.2 Å². The molecule has 0 fully saturated rings. The van der Waals surface area contributed by atoms with Gasteiger partial charge in [0.15, 0.2) is 4.80 Å². The monoisotopic (exact) mass is 490 g/mol. The van der Waals surface area contributed by atoms with E-state index in [1.165, 1.54) is 35.5 Å². The maximum Gasteiger partial charge on any atom is 0.338 e. The number of hydrogen-bond donors (Lipinski definition) is 0. The Balaban J connectivity index is 1.86. The average Bonchev–Trinajstić information content (AvgIpc) is 3.12. The van der Waals surface area contributed by atoms with Gasteiger partial charge in [0.1, 0.15) is 5.75 Å². The maximum atomic E-state index is 13.6. The van der Waals surface area contributed by atoms with E-state index >= 15 is 0 Å². The van der Waals surface area contributed by atoms with Gasteiger partial charge in [0.2, 0.25) is 0 Å². The molecule has 0 bridgehead atoms. The Morgan fingerprint density at radius 3 is 2.31 bits per heavy atom. The molecule has 180 valence electrons. The summed E-state index contributed by atoms with van der Waals surface area (Å²) < 4.78 is 12.2. The van der Waals surface area contributed by atoms with Crippen LogP contribution in [0.5, 0.6) is 5.75 Å². The standard InChI is InChI=1S/C27H26N2O5S/c1-15(2)19-8-6-18(7-9-19)14-22-25(31)29-24(20-10-12-21(13-11-20)34-17(4)30)23(26(32)33-5)16(3)28-27(29)35-22/h6-15,24H,1-5H3/b22-14+/t24-/m1/s1. The molecule has 0 aliphatic carbocycles. The minimum absolute atomic E-state index is 0.246. The van der Waals surface area contributed by atoms with Crippen LogP contribution in [0.2, 0.25) is 0 Å². The molecule has 0 unspecified atom stereocenters. The molecule has 0 amide bonds. The van der Waals surface area contributed by atoms with Gasteiger partial charge in [0, 0.05) is 6.92 Å². The quantitative estimate of drug-likeness (QED) is 0.404. The fourth-order valence-electron chi connectivity index (χ4n) is 4.02. The predicted molar refractivity (Wildman–Crippen MR) is 134 cm³/mol. The topological polar surface area (TPSA) is 87.0 Å². The Kier molecular flexibility index (Phi) is 6.84. The van der Waals surface area contributed by atoms with Gasteiger partial charge in [-0.25, -0.2) is 9.79 Å². The summed E-state index contributed by atoms with van der Waals surface area (Å²) >= 11 is 1.27. The lowest BCUT2D eigenvalue weighted by Crippen LogP contribution is -2.39. The number of ether oxygens (including phenoxy) is 2. The van der Waals surface area contributed by atoms with Gasteiger partial charge in [-0.2, -0.15) is 0 Å². The lowest BCUT2D eigenvalue weighted by molar-refractivity contribution is -0.136. The summed E-state index contributed by atoms with van der Waals surface area (Å²) in [6.45, 7) is 7.32. The van der Waals surface area contributed by atoms with Crippen LogP contribution >= 0.6 is 11.3 Å². The zero-order valence-electron chi connectivity index (χ0n) is 20.2. The average molecular weight is 491 g/mol. The lowest BCUT2D eigenvalue weighted by Gasteiger charge is -2.24. The molecule has 1 aliphatic rings. The van der Waals surface area contributed by atoms with E-state index < -0.39 is 18.0 Å². The van der Waals surface area contributed by atoms with Crippen LogP contribution in [-0.2, 0) is 14.3 Å². The predicted octanol–water partition coefficient (Wildman–Crippen LogP) is 3.46. The molecule has 3 aromatic rings. The lowest BCUT2D eigenvalue weighted by atomic mass is 9.96. The van der Waals surface area contributed by atoms with Crippen molar-refractivity contribution in [3.8, 4) is 5.75 Å². The second-order valence-electron chi connectivity index (χ2n) is 8.56. The number of thiazole rings is 1. The van der Waals surface area contributed by atoms with Crippen LogP contribution in [0.25, 0.3) is 6.08 Å². The summed E-state index contributed by atoms with van der Waals surface area (Å²) in [5.74, 6) is -0.197. The highest BCUT2D eigenvalue weighted by molar-refractivity contribution is 7.07. The van der Waals surface area contributed by atoms with Gasteiger partial charge in [0.05, 0.1) is 29.0 Å². The number of carbonyl (C=O) groups is 2. The van der Waals surface area contributed by atoms with Gasteiger partial charge < -0.3 is 9.47 Å². The third-order valence-electron chi connectivity index (χ3n) is 5.79. The van der Waals surface area contributed by atoms with Crippen LogP contribution in [-0.4, -0.2) is 23.6 Å². The molecule has 1 aliphatic heterocycles. The smallest absolute Gasteiger partial charge is 0.338 e. The Bertz CT molecular complexity index is 1490. The number of carbonyl (C=O) groups excluding carboxylic acids is 2. The van der Waals surface area contributed by atoms with Crippen LogP contribution in [0, 0.1) is 0 Å². The number of aromatic nitrogens is 1. The van der Waals surface area contributed by atoms with E-state index in [1.807, 2.05) is 18.2 Å². The molecule has 0 saturated carbocycles. The first kappa shape index (κ1) is 24.3. The van der Waals surface area contributed by atoms with Crippen molar-refractivity contribution < 1.29 is 19.1 Å². The zero-order valence-corrected chi connectivity index (χ0v) is 21.0. The van der Waals surface area contributed by atoms with E-state index in [0.29, 0.717) is 32.3 Å². The van der Waals surface area contributed by atoms with Crippen LogP contribution < -0.4 is 19.6 Å². The Morgan fingerprint density at radius 2 is 1.74 bits per heavy atom. The fraction of sp³-hybridized carbons (Fsp3) is 0.259. The second kappa shape index (κ2) is 9.84. The molecule has 0 spiro atoms. The van der Waals surface area contributed by atoms with Gasteiger partial charge in [-0.15, -0.1) is 0 Å². The number of allylic oxidation sites excluding steroid dienone is 1. The molecule has 8 heteroatoms. The Morgan fingerprint density at radius 1 is 1.09 bits per heavy atom. The number of rotatable bonds is 5. The third kappa shape index (κ3) is 4.88. The normalized spacial score (nSPS) is 15.6. The van der Waals surface area contributed by atoms with Crippen molar-refractivity contribution in [3.63, 3.8) is 0 Å². The van der Waals surface area contributed by atoms with Crippen molar-refractivity contribution in [1.29, 1.82) is 0 Å². The molecule has 7 nitrogen and oxygen atoms in total. The number of methoxy groups -OCH3 is 1. The number of fused-ring (bicyclic) bond motifs is 1. The summed E-state index contributed by atoms with van der Waals surface area (Å²) in [5, 5.41) is 0. The van der Waals surface area contributed by atoms with E-state index in [-0.39, 0.29) is 11.1 Å². The molecule has 0 saturated heterocycles. The molecule has 0 N–H and O–H groups in total. The molecule has 0 radical (unpaired) electrons. The fourth-order valence-corrected chi connectivity index (χ4v) is 5.07. The van der Waals surface area contributed by atoms with E-state index in [2.05, 4.69) is 31.0 Å². The van der Waals surface area contributed by atoms with Crippen molar-refractivity contribution >= 4 is 29.4 Å². The Hall–Kier alpha value is -3.78. The van der Waals surface area contributed by atoms with Gasteiger partial charge in [-0.1, -0.05) is 61.6 Å². The van der Waals surface area contributed by atoms with E-state index in [9.17, 15) is 14.4 Å². The van der Waals surface area contributed by atoms with Gasteiger partial charge in [0.25, 0.3) is 5.56 Å². The highest BCUT2D eigenvalue weighted by atomic mass is 32.1. The number of esters is 2. The summed E-state index contributed by atoms with van der Waals surface area (Å²) in [7, 11) is 1.30. The van der Waals surface area contributed by atoms with Crippen molar-refractivity contribution in [2.24, 2.45) is 4.99 Å². The van der Waals surface area contributed by atoms with Crippen molar-refractivity contribution in [2.45, 2.75) is 39.7 Å². The molecular formula is C27H26N2O5S. The number of benzene rings is 2. The molecule has 35 heavy (non-hydrogen) atoms. The third-order valence-corrected chi connectivity index (χ3v) is 6.77. The van der Waals surface area contributed by atoms with Crippen LogP contribution in [0.4, 0.5) is 0 Å². The van der Waals surface area contributed by atoms with Crippen molar-refractivity contribution in [3.05, 3.63) is 96.2 Å². The van der Waals surface area contributed by atoms with Crippen molar-refractivity contribution in [1.82, 2.24) is 4.57 Å². The second-order valence-corrected chi connectivity index (χ2v) is 9.57. The van der Waals surface area contributed by atoms with Crippen LogP contribution in [0.15, 0.2) is 69.6 Å². The molecular weight excluding hydrogens is 464 g/mol. The summed E-state index contributed by atoms with van der Waals surface area (Å²) in [4.78, 5) is 42.7. The molecule has 1 aromatic heterocycles. The summed E-state index contributed by atoms with van der Waals surface area (Å²) in [5.41, 5.74) is 3.33. The van der Waals surface area contributed by atoms with Crippen molar-refractivity contribution in [2.75, 3.05) is 7.11 Å². The van der Waals surface area contributed by atoms with Gasteiger partial charge in [-0.05, 0) is 47.7 Å².